The van der Waals surface area contributed by atoms with E-state index in [1.54, 1.807) is 0 Å². The molecule has 0 aliphatic carbocycles. The van der Waals surface area contributed by atoms with Crippen molar-refractivity contribution >= 4 is 11.0 Å². The van der Waals surface area contributed by atoms with Gasteiger partial charge in [0.25, 0.3) is 0 Å². The predicted molar refractivity (Wildman–Crippen MR) is 95.7 cm³/mol. The highest BCUT2D eigenvalue weighted by molar-refractivity contribution is 5.74. The maximum absolute atomic E-state index is 4.84. The van der Waals surface area contributed by atoms with Crippen molar-refractivity contribution in [2.24, 2.45) is 0 Å². The van der Waals surface area contributed by atoms with E-state index in [1.807, 2.05) is 16.9 Å². The van der Waals surface area contributed by atoms with E-state index in [1.165, 1.54) is 18.4 Å². The van der Waals surface area contributed by atoms with Crippen LogP contribution >= 0.6 is 0 Å². The number of fused-ring (bicyclic) bond motifs is 1. The van der Waals surface area contributed by atoms with Gasteiger partial charge in [0.1, 0.15) is 5.82 Å². The molecular weight excluding hydrogens is 298 g/mol. The number of rotatable bonds is 4. The van der Waals surface area contributed by atoms with Gasteiger partial charge in [-0.3, -0.25) is 9.58 Å². The number of piperidine rings is 1. The lowest BCUT2D eigenvalue weighted by atomic mass is 10.0. The highest BCUT2D eigenvalue weighted by Crippen LogP contribution is 2.31. The van der Waals surface area contributed by atoms with E-state index in [0.717, 1.165) is 36.4 Å². The number of hydrogen-bond acceptors (Lipinski definition) is 3. The van der Waals surface area contributed by atoms with E-state index in [-0.39, 0.29) is 0 Å². The number of imidazole rings is 1. The summed E-state index contributed by atoms with van der Waals surface area (Å²) in [4.78, 5) is 10.9. The SMILES string of the molecule is CC(C)n1cc(CN2CCCCC2c2nc3ccccc3[nH]2)cn1. The van der Waals surface area contributed by atoms with Crippen molar-refractivity contribution < 1.29 is 0 Å². The summed E-state index contributed by atoms with van der Waals surface area (Å²) in [5, 5.41) is 4.48. The monoisotopic (exact) mass is 323 g/mol. The van der Waals surface area contributed by atoms with Crippen LogP contribution in [0.15, 0.2) is 36.7 Å². The normalized spacial score (nSPS) is 19.4. The molecule has 1 atom stereocenters. The van der Waals surface area contributed by atoms with E-state index in [2.05, 4.69) is 53.2 Å². The number of likely N-dealkylation sites (tertiary alicyclic amines) is 1. The van der Waals surface area contributed by atoms with E-state index in [9.17, 15) is 0 Å². The zero-order chi connectivity index (χ0) is 16.5. The molecule has 5 heteroatoms. The molecular formula is C19H25N5. The van der Waals surface area contributed by atoms with Crippen LogP contribution in [-0.4, -0.2) is 31.2 Å². The van der Waals surface area contributed by atoms with Crippen molar-refractivity contribution in [1.82, 2.24) is 24.6 Å². The molecule has 1 saturated heterocycles. The van der Waals surface area contributed by atoms with Gasteiger partial charge in [-0.05, 0) is 45.4 Å². The predicted octanol–water partition coefficient (Wildman–Crippen LogP) is 4.07. The molecule has 126 valence electrons. The molecule has 0 spiro atoms. The van der Waals surface area contributed by atoms with Crippen LogP contribution in [0.3, 0.4) is 0 Å². The third-order valence-electron chi connectivity index (χ3n) is 4.91. The first-order chi connectivity index (χ1) is 11.7. The Kier molecular flexibility index (Phi) is 4.10. The highest BCUT2D eigenvalue weighted by Gasteiger charge is 2.26. The van der Waals surface area contributed by atoms with Gasteiger partial charge in [0.15, 0.2) is 0 Å². The second-order valence-electron chi connectivity index (χ2n) is 7.04. The Labute approximate surface area is 142 Å². The number of H-pyrrole nitrogens is 1. The van der Waals surface area contributed by atoms with Gasteiger partial charge < -0.3 is 4.98 Å². The van der Waals surface area contributed by atoms with Crippen LogP contribution in [-0.2, 0) is 6.54 Å². The van der Waals surface area contributed by atoms with Gasteiger partial charge in [0.2, 0.25) is 0 Å². The van der Waals surface area contributed by atoms with Crippen LogP contribution in [0, 0.1) is 0 Å². The lowest BCUT2D eigenvalue weighted by molar-refractivity contribution is 0.134. The van der Waals surface area contributed by atoms with Gasteiger partial charge in [0, 0.05) is 24.3 Å². The van der Waals surface area contributed by atoms with Gasteiger partial charge in [-0.2, -0.15) is 5.10 Å². The third-order valence-corrected chi connectivity index (χ3v) is 4.91. The topological polar surface area (TPSA) is 49.7 Å². The zero-order valence-corrected chi connectivity index (χ0v) is 14.4. The molecule has 2 aromatic heterocycles. The van der Waals surface area contributed by atoms with Gasteiger partial charge in [-0.15, -0.1) is 0 Å². The van der Waals surface area contributed by atoms with Gasteiger partial charge >= 0.3 is 0 Å². The fourth-order valence-corrected chi connectivity index (χ4v) is 3.60. The van der Waals surface area contributed by atoms with Crippen LogP contribution in [0.25, 0.3) is 11.0 Å². The zero-order valence-electron chi connectivity index (χ0n) is 14.4. The van der Waals surface area contributed by atoms with E-state index < -0.39 is 0 Å². The Bertz CT molecular complexity index is 783. The number of aromatic amines is 1. The quantitative estimate of drug-likeness (QED) is 0.787. The number of hydrogen-bond donors (Lipinski definition) is 1. The lowest BCUT2D eigenvalue weighted by Gasteiger charge is -2.34. The number of nitrogens with one attached hydrogen (secondary N) is 1. The Morgan fingerprint density at radius 1 is 1.25 bits per heavy atom. The first kappa shape index (κ1) is 15.4. The molecule has 0 bridgehead atoms. The number of nitrogens with zero attached hydrogens (tertiary/aromatic N) is 4. The van der Waals surface area contributed by atoms with E-state index in [0.29, 0.717) is 12.1 Å². The van der Waals surface area contributed by atoms with Gasteiger partial charge in [-0.1, -0.05) is 18.6 Å². The molecule has 3 aromatic rings. The van der Waals surface area contributed by atoms with Crippen LogP contribution in [0.1, 0.15) is 56.6 Å². The summed E-state index contributed by atoms with van der Waals surface area (Å²) in [5.74, 6) is 1.10. The molecule has 1 aliphatic heterocycles. The molecule has 24 heavy (non-hydrogen) atoms. The second-order valence-corrected chi connectivity index (χ2v) is 7.04. The molecule has 4 rings (SSSR count). The highest BCUT2D eigenvalue weighted by atomic mass is 15.3. The smallest absolute Gasteiger partial charge is 0.124 e. The summed E-state index contributed by atoms with van der Waals surface area (Å²) < 4.78 is 2.04. The molecule has 1 aliphatic rings. The molecule has 1 aromatic carbocycles. The van der Waals surface area contributed by atoms with Gasteiger partial charge in [-0.25, -0.2) is 4.98 Å². The Morgan fingerprint density at radius 2 is 2.12 bits per heavy atom. The summed E-state index contributed by atoms with van der Waals surface area (Å²) in [6, 6.07) is 9.07. The number of benzene rings is 1. The summed E-state index contributed by atoms with van der Waals surface area (Å²) in [6.45, 7) is 6.38. The number of aromatic nitrogens is 4. The van der Waals surface area contributed by atoms with Crippen LogP contribution in [0.4, 0.5) is 0 Å². The van der Waals surface area contributed by atoms with Crippen molar-refractivity contribution in [1.29, 1.82) is 0 Å². The summed E-state index contributed by atoms with van der Waals surface area (Å²) in [5.41, 5.74) is 3.48. The minimum atomic E-state index is 0.369. The minimum absolute atomic E-state index is 0.369. The molecule has 0 amide bonds. The third kappa shape index (κ3) is 2.96. The first-order valence-electron chi connectivity index (χ1n) is 8.92. The summed E-state index contributed by atoms with van der Waals surface area (Å²) in [6.07, 6.45) is 7.87. The van der Waals surface area contributed by atoms with Crippen molar-refractivity contribution in [2.75, 3.05) is 6.54 Å². The molecule has 1 unspecified atom stereocenters. The van der Waals surface area contributed by atoms with Crippen molar-refractivity contribution in [2.45, 2.75) is 51.7 Å². The van der Waals surface area contributed by atoms with Gasteiger partial charge in [0.05, 0.1) is 23.3 Å². The Balaban J connectivity index is 1.58. The second kappa shape index (κ2) is 6.40. The van der Waals surface area contributed by atoms with Crippen LogP contribution in [0.2, 0.25) is 0 Å². The molecule has 1 N–H and O–H groups in total. The average Bonchev–Trinajstić information content (AvgIpc) is 3.22. The molecule has 3 heterocycles. The van der Waals surface area contributed by atoms with Crippen LogP contribution in [0.5, 0.6) is 0 Å². The molecule has 0 saturated carbocycles. The van der Waals surface area contributed by atoms with Crippen molar-refractivity contribution in [3.63, 3.8) is 0 Å². The molecule has 1 fully saturated rings. The van der Waals surface area contributed by atoms with Crippen LogP contribution < -0.4 is 0 Å². The minimum Gasteiger partial charge on any atom is -0.341 e. The first-order valence-corrected chi connectivity index (χ1v) is 8.92. The van der Waals surface area contributed by atoms with Crippen molar-refractivity contribution in [3.05, 3.63) is 48.0 Å². The van der Waals surface area contributed by atoms with Crippen molar-refractivity contribution in [3.8, 4) is 0 Å². The maximum Gasteiger partial charge on any atom is 0.124 e. The average molecular weight is 323 g/mol. The Hall–Kier alpha value is -2.14. The molecule has 5 nitrogen and oxygen atoms in total. The van der Waals surface area contributed by atoms with E-state index >= 15 is 0 Å². The summed E-state index contributed by atoms with van der Waals surface area (Å²) >= 11 is 0. The fourth-order valence-electron chi connectivity index (χ4n) is 3.60. The summed E-state index contributed by atoms with van der Waals surface area (Å²) in [7, 11) is 0. The lowest BCUT2D eigenvalue weighted by Crippen LogP contribution is -2.33. The molecule has 0 radical (unpaired) electrons. The standard InChI is InChI=1S/C19H25N5/c1-14(2)24-13-15(11-20-24)12-23-10-6-5-9-18(23)19-21-16-7-3-4-8-17(16)22-19/h3-4,7-8,11,13-14,18H,5-6,9-10,12H2,1-2H3,(H,21,22). The number of para-hydroxylation sites is 2. The van der Waals surface area contributed by atoms with E-state index in [4.69, 9.17) is 4.98 Å². The Morgan fingerprint density at radius 3 is 2.92 bits per heavy atom. The largest absolute Gasteiger partial charge is 0.341 e. The fraction of sp³-hybridized carbons (Fsp3) is 0.474. The maximum atomic E-state index is 4.84.